The van der Waals surface area contributed by atoms with Gasteiger partial charge in [-0.1, -0.05) is 26.0 Å². The first kappa shape index (κ1) is 26.5. The normalized spacial score (nSPS) is 11.2. The van der Waals surface area contributed by atoms with Crippen LogP contribution in [0.5, 0.6) is 11.5 Å². The largest absolute Gasteiger partial charge is 0.493 e. The van der Waals surface area contributed by atoms with Crippen molar-refractivity contribution in [2.75, 3.05) is 39.9 Å². The number of hydrogen-bond acceptors (Lipinski definition) is 5. The summed E-state index contributed by atoms with van der Waals surface area (Å²) in [4.78, 5) is 8.31. The van der Waals surface area contributed by atoms with Crippen LogP contribution in [0.15, 0.2) is 40.7 Å². The summed E-state index contributed by atoms with van der Waals surface area (Å²) in [6, 6.07) is 10.2. The number of thiophene rings is 1. The van der Waals surface area contributed by atoms with Gasteiger partial charge in [0.1, 0.15) is 6.61 Å². The van der Waals surface area contributed by atoms with Gasteiger partial charge in [0.05, 0.1) is 20.2 Å². The Hall–Kier alpha value is -1.52. The van der Waals surface area contributed by atoms with Crippen LogP contribution in [-0.4, -0.2) is 50.8 Å². The molecule has 0 fully saturated rings. The predicted octanol–water partition coefficient (Wildman–Crippen LogP) is 4.35. The van der Waals surface area contributed by atoms with Crippen molar-refractivity contribution in [1.82, 2.24) is 15.5 Å². The molecule has 0 bridgehead atoms. The van der Waals surface area contributed by atoms with E-state index in [1.807, 2.05) is 18.2 Å². The second-order valence-electron chi connectivity index (χ2n) is 6.49. The quantitative estimate of drug-likeness (QED) is 0.236. The summed E-state index contributed by atoms with van der Waals surface area (Å²) in [6.45, 7) is 12.2. The van der Waals surface area contributed by atoms with E-state index in [2.05, 4.69) is 53.8 Å². The average Bonchev–Trinajstić information content (AvgIpc) is 3.27. The van der Waals surface area contributed by atoms with Crippen molar-refractivity contribution in [2.45, 2.75) is 33.9 Å². The molecule has 0 radical (unpaired) electrons. The standard InChI is InChI=1S/C22H34N4O2S.HI/c1-5-23-22(25-17-19-9-8-14-29-19)24-16-18-10-11-20(21(15-18)27-4)28-13-12-26(6-2)7-3;/h8-11,14-15H,5-7,12-13,16-17H2,1-4H3,(H2,23,24,25);1H. The highest BCUT2D eigenvalue weighted by Gasteiger charge is 2.07. The molecule has 6 nitrogen and oxygen atoms in total. The molecule has 0 aliphatic carbocycles. The van der Waals surface area contributed by atoms with Crippen molar-refractivity contribution in [3.05, 3.63) is 46.2 Å². The van der Waals surface area contributed by atoms with Crippen molar-refractivity contribution in [1.29, 1.82) is 0 Å². The fraction of sp³-hybridized carbons (Fsp3) is 0.500. The van der Waals surface area contributed by atoms with Gasteiger partial charge in [-0.25, -0.2) is 4.99 Å². The number of guanidine groups is 1. The second-order valence-corrected chi connectivity index (χ2v) is 7.52. The molecule has 0 aliphatic heterocycles. The molecule has 8 heteroatoms. The minimum atomic E-state index is 0. The van der Waals surface area contributed by atoms with Crippen LogP contribution in [0.25, 0.3) is 0 Å². The van der Waals surface area contributed by atoms with Crippen molar-refractivity contribution in [3.63, 3.8) is 0 Å². The van der Waals surface area contributed by atoms with Gasteiger partial charge in [0.15, 0.2) is 17.5 Å². The summed E-state index contributed by atoms with van der Waals surface area (Å²) in [5.74, 6) is 2.32. The number of aliphatic imine (C=N–C) groups is 1. The molecular weight excluding hydrogens is 511 g/mol. The van der Waals surface area contributed by atoms with Crippen LogP contribution in [0, 0.1) is 0 Å². The summed E-state index contributed by atoms with van der Waals surface area (Å²) in [7, 11) is 1.67. The molecule has 0 spiro atoms. The van der Waals surface area contributed by atoms with E-state index < -0.39 is 0 Å². The third-order valence-electron chi connectivity index (χ3n) is 4.56. The second kappa shape index (κ2) is 15.3. The van der Waals surface area contributed by atoms with Gasteiger partial charge < -0.3 is 25.0 Å². The first-order chi connectivity index (χ1) is 14.2. The van der Waals surface area contributed by atoms with Crippen molar-refractivity contribution in [2.24, 2.45) is 4.99 Å². The summed E-state index contributed by atoms with van der Waals surface area (Å²) in [5, 5.41) is 8.74. The van der Waals surface area contributed by atoms with E-state index in [1.165, 1.54) is 4.88 Å². The molecule has 0 unspecified atom stereocenters. The lowest BCUT2D eigenvalue weighted by atomic mass is 10.2. The minimum Gasteiger partial charge on any atom is -0.493 e. The van der Waals surface area contributed by atoms with E-state index in [0.717, 1.165) is 55.7 Å². The maximum absolute atomic E-state index is 5.94. The maximum atomic E-state index is 5.94. The van der Waals surface area contributed by atoms with Gasteiger partial charge in [-0.2, -0.15) is 0 Å². The van der Waals surface area contributed by atoms with Crippen molar-refractivity contribution >= 4 is 41.3 Å². The lowest BCUT2D eigenvalue weighted by Gasteiger charge is -2.19. The molecule has 0 atom stereocenters. The molecular formula is C22H35IN4O2S. The smallest absolute Gasteiger partial charge is 0.191 e. The number of methoxy groups -OCH3 is 1. The summed E-state index contributed by atoms with van der Waals surface area (Å²) < 4.78 is 11.5. The molecule has 2 aromatic rings. The molecule has 0 aliphatic rings. The first-order valence-corrected chi connectivity index (χ1v) is 11.1. The molecule has 1 aromatic carbocycles. The number of ether oxygens (including phenoxy) is 2. The van der Waals surface area contributed by atoms with Crippen LogP contribution in [0.2, 0.25) is 0 Å². The number of likely N-dealkylation sites (N-methyl/N-ethyl adjacent to an activating group) is 1. The third-order valence-corrected chi connectivity index (χ3v) is 5.44. The van der Waals surface area contributed by atoms with Crippen LogP contribution in [0.4, 0.5) is 0 Å². The van der Waals surface area contributed by atoms with E-state index in [9.17, 15) is 0 Å². The molecule has 2 N–H and O–H groups in total. The molecule has 168 valence electrons. The van der Waals surface area contributed by atoms with Crippen LogP contribution in [0.3, 0.4) is 0 Å². The van der Waals surface area contributed by atoms with Gasteiger partial charge in [0.25, 0.3) is 0 Å². The van der Waals surface area contributed by atoms with Crippen LogP contribution < -0.4 is 20.1 Å². The molecule has 0 saturated heterocycles. The predicted molar refractivity (Wildman–Crippen MR) is 138 cm³/mol. The third kappa shape index (κ3) is 9.09. The first-order valence-electron chi connectivity index (χ1n) is 10.3. The van der Waals surface area contributed by atoms with Crippen molar-refractivity contribution < 1.29 is 9.47 Å². The Bertz CT molecular complexity index is 737. The SMILES string of the molecule is CCNC(=NCc1ccc(OCCN(CC)CC)c(OC)c1)NCc1cccs1.I. The fourth-order valence-corrected chi connectivity index (χ4v) is 3.49. The van der Waals surface area contributed by atoms with Gasteiger partial charge in [-0.15, -0.1) is 35.3 Å². The molecule has 0 amide bonds. The number of nitrogens with zero attached hydrogens (tertiary/aromatic N) is 2. The van der Waals surface area contributed by atoms with E-state index in [1.54, 1.807) is 18.4 Å². The van der Waals surface area contributed by atoms with Gasteiger partial charge in [0, 0.05) is 18.0 Å². The number of benzene rings is 1. The molecule has 2 rings (SSSR count). The summed E-state index contributed by atoms with van der Waals surface area (Å²) >= 11 is 1.74. The fourth-order valence-electron chi connectivity index (χ4n) is 2.85. The highest BCUT2D eigenvalue weighted by atomic mass is 127. The van der Waals surface area contributed by atoms with E-state index >= 15 is 0 Å². The van der Waals surface area contributed by atoms with Crippen LogP contribution >= 0.6 is 35.3 Å². The number of hydrogen-bond donors (Lipinski definition) is 2. The Balaban J connectivity index is 0.00000450. The lowest BCUT2D eigenvalue weighted by molar-refractivity contribution is 0.217. The maximum Gasteiger partial charge on any atom is 0.191 e. The number of rotatable bonds is 12. The van der Waals surface area contributed by atoms with Gasteiger partial charge >= 0.3 is 0 Å². The Morgan fingerprint density at radius 2 is 1.90 bits per heavy atom. The Labute approximate surface area is 202 Å². The summed E-state index contributed by atoms with van der Waals surface area (Å²) in [6.07, 6.45) is 0. The minimum absolute atomic E-state index is 0. The Morgan fingerprint density at radius 1 is 1.10 bits per heavy atom. The molecule has 1 heterocycles. The molecule has 30 heavy (non-hydrogen) atoms. The molecule has 0 saturated carbocycles. The Kier molecular flexibility index (Phi) is 13.5. The van der Waals surface area contributed by atoms with Crippen LogP contribution in [-0.2, 0) is 13.1 Å². The molecule has 1 aromatic heterocycles. The van der Waals surface area contributed by atoms with Crippen LogP contribution in [0.1, 0.15) is 31.2 Å². The highest BCUT2D eigenvalue weighted by Crippen LogP contribution is 2.28. The van der Waals surface area contributed by atoms with E-state index in [4.69, 9.17) is 14.5 Å². The Morgan fingerprint density at radius 3 is 2.53 bits per heavy atom. The zero-order valence-corrected chi connectivity index (χ0v) is 21.6. The van der Waals surface area contributed by atoms with Crippen molar-refractivity contribution in [3.8, 4) is 11.5 Å². The lowest BCUT2D eigenvalue weighted by Crippen LogP contribution is -2.36. The summed E-state index contributed by atoms with van der Waals surface area (Å²) in [5.41, 5.74) is 1.08. The van der Waals surface area contributed by atoms with Gasteiger partial charge in [0.2, 0.25) is 0 Å². The van der Waals surface area contributed by atoms with E-state index in [-0.39, 0.29) is 24.0 Å². The zero-order valence-electron chi connectivity index (χ0n) is 18.4. The number of nitrogens with one attached hydrogen (secondary N) is 2. The average molecular weight is 547 g/mol. The van der Waals surface area contributed by atoms with Gasteiger partial charge in [-0.3, -0.25) is 0 Å². The zero-order chi connectivity index (χ0) is 20.9. The van der Waals surface area contributed by atoms with Gasteiger partial charge in [-0.05, 0) is 49.2 Å². The van der Waals surface area contributed by atoms with E-state index in [0.29, 0.717) is 13.2 Å². The topological polar surface area (TPSA) is 58.1 Å². The highest BCUT2D eigenvalue weighted by molar-refractivity contribution is 14.0. The number of halogens is 1. The monoisotopic (exact) mass is 546 g/mol.